The predicted octanol–water partition coefficient (Wildman–Crippen LogP) is 4.10. The van der Waals surface area contributed by atoms with E-state index in [2.05, 4.69) is 31.3 Å². The first-order valence-electron chi connectivity index (χ1n) is 6.87. The highest BCUT2D eigenvalue weighted by molar-refractivity contribution is 5.59. The third-order valence-electron chi connectivity index (χ3n) is 4.25. The zero-order valence-corrected chi connectivity index (χ0v) is 11.5. The lowest BCUT2D eigenvalue weighted by Crippen LogP contribution is -2.30. The van der Waals surface area contributed by atoms with Crippen molar-refractivity contribution >= 4 is 5.69 Å². The summed E-state index contributed by atoms with van der Waals surface area (Å²) in [5, 5.41) is 12.7. The fourth-order valence-corrected chi connectivity index (χ4v) is 2.78. The van der Waals surface area contributed by atoms with E-state index in [-0.39, 0.29) is 0 Å². The summed E-state index contributed by atoms with van der Waals surface area (Å²) in [6.45, 7) is 6.70. The molecule has 0 aromatic heterocycles. The number of aryl methyl sites for hydroxylation is 1. The van der Waals surface area contributed by atoms with Crippen LogP contribution < -0.4 is 5.32 Å². The first kappa shape index (κ1) is 13.0. The molecule has 96 valence electrons. The van der Waals surface area contributed by atoms with Crippen molar-refractivity contribution in [1.29, 1.82) is 5.26 Å². The van der Waals surface area contributed by atoms with Crippen LogP contribution in [0.15, 0.2) is 18.2 Å². The highest BCUT2D eigenvalue weighted by Crippen LogP contribution is 2.31. The Bertz CT molecular complexity index is 459. The van der Waals surface area contributed by atoms with E-state index < -0.39 is 0 Å². The quantitative estimate of drug-likeness (QED) is 0.847. The zero-order chi connectivity index (χ0) is 13.1. The van der Waals surface area contributed by atoms with Gasteiger partial charge in [-0.3, -0.25) is 0 Å². The smallest absolute Gasteiger partial charge is 0.101 e. The Morgan fingerprint density at radius 3 is 2.67 bits per heavy atom. The van der Waals surface area contributed by atoms with Crippen LogP contribution >= 0.6 is 0 Å². The van der Waals surface area contributed by atoms with Gasteiger partial charge in [0.25, 0.3) is 0 Å². The standard InChI is InChI=1S/C16H22N2/c1-11-4-7-16(14(8-11)10-17)18-15-6-5-12(2)13(3)9-15/h4,7-8,12-13,15,18H,5-6,9H2,1-3H3. The number of hydrogen-bond acceptors (Lipinski definition) is 2. The van der Waals surface area contributed by atoms with Gasteiger partial charge in [0.05, 0.1) is 11.3 Å². The average Bonchev–Trinajstić information content (AvgIpc) is 2.36. The number of anilines is 1. The van der Waals surface area contributed by atoms with Gasteiger partial charge in [0.15, 0.2) is 0 Å². The zero-order valence-electron chi connectivity index (χ0n) is 11.5. The Hall–Kier alpha value is -1.49. The Morgan fingerprint density at radius 2 is 2.00 bits per heavy atom. The maximum Gasteiger partial charge on any atom is 0.101 e. The van der Waals surface area contributed by atoms with Crippen molar-refractivity contribution in [3.05, 3.63) is 29.3 Å². The minimum Gasteiger partial charge on any atom is -0.381 e. The van der Waals surface area contributed by atoms with E-state index in [9.17, 15) is 5.26 Å². The minimum absolute atomic E-state index is 0.519. The number of nitrogens with one attached hydrogen (secondary N) is 1. The summed E-state index contributed by atoms with van der Waals surface area (Å²) in [5.74, 6) is 1.60. The van der Waals surface area contributed by atoms with Crippen molar-refractivity contribution in [2.75, 3.05) is 5.32 Å². The van der Waals surface area contributed by atoms with Crippen LogP contribution in [0.4, 0.5) is 5.69 Å². The van der Waals surface area contributed by atoms with Gasteiger partial charge in [-0.05, 0) is 55.7 Å². The molecule has 0 radical (unpaired) electrons. The highest BCUT2D eigenvalue weighted by atomic mass is 14.9. The van der Waals surface area contributed by atoms with E-state index in [1.807, 2.05) is 19.1 Å². The lowest BCUT2D eigenvalue weighted by Gasteiger charge is -2.33. The molecule has 0 heterocycles. The number of hydrogen-bond donors (Lipinski definition) is 1. The van der Waals surface area contributed by atoms with E-state index in [0.29, 0.717) is 6.04 Å². The molecule has 1 aromatic carbocycles. The molecular formula is C16H22N2. The Balaban J connectivity index is 2.08. The van der Waals surface area contributed by atoms with Crippen LogP contribution in [0.1, 0.15) is 44.2 Å². The summed E-state index contributed by atoms with van der Waals surface area (Å²) in [4.78, 5) is 0. The van der Waals surface area contributed by atoms with Crippen LogP contribution in [-0.4, -0.2) is 6.04 Å². The highest BCUT2D eigenvalue weighted by Gasteiger charge is 2.24. The van der Waals surface area contributed by atoms with Gasteiger partial charge in [0.2, 0.25) is 0 Å². The molecule has 3 unspecified atom stereocenters. The maximum absolute atomic E-state index is 9.18. The molecule has 2 rings (SSSR count). The predicted molar refractivity (Wildman–Crippen MR) is 75.5 cm³/mol. The summed E-state index contributed by atoms with van der Waals surface area (Å²) >= 11 is 0. The topological polar surface area (TPSA) is 35.8 Å². The fraction of sp³-hybridized carbons (Fsp3) is 0.562. The van der Waals surface area contributed by atoms with Crippen LogP contribution in [-0.2, 0) is 0 Å². The molecule has 18 heavy (non-hydrogen) atoms. The Morgan fingerprint density at radius 1 is 1.22 bits per heavy atom. The summed E-state index contributed by atoms with van der Waals surface area (Å²) < 4.78 is 0. The lowest BCUT2D eigenvalue weighted by molar-refractivity contribution is 0.261. The first-order chi connectivity index (χ1) is 8.60. The molecule has 1 fully saturated rings. The molecule has 0 bridgehead atoms. The second kappa shape index (κ2) is 5.44. The molecule has 1 aliphatic carbocycles. The second-order valence-corrected chi connectivity index (χ2v) is 5.77. The minimum atomic E-state index is 0.519. The summed E-state index contributed by atoms with van der Waals surface area (Å²) in [6.07, 6.45) is 3.71. The molecule has 1 N–H and O–H groups in total. The molecule has 1 saturated carbocycles. The molecule has 0 spiro atoms. The van der Waals surface area contributed by atoms with Crippen molar-refractivity contribution in [1.82, 2.24) is 0 Å². The van der Waals surface area contributed by atoms with Gasteiger partial charge in [0, 0.05) is 6.04 Å². The molecular weight excluding hydrogens is 220 g/mol. The summed E-state index contributed by atoms with van der Waals surface area (Å²) in [5.41, 5.74) is 2.90. The number of benzene rings is 1. The van der Waals surface area contributed by atoms with E-state index >= 15 is 0 Å². The Labute approximate surface area is 110 Å². The fourth-order valence-electron chi connectivity index (χ4n) is 2.78. The van der Waals surface area contributed by atoms with Crippen LogP contribution in [0.2, 0.25) is 0 Å². The van der Waals surface area contributed by atoms with E-state index in [4.69, 9.17) is 0 Å². The SMILES string of the molecule is Cc1ccc(NC2CCC(C)C(C)C2)c(C#N)c1. The van der Waals surface area contributed by atoms with Gasteiger partial charge >= 0.3 is 0 Å². The number of rotatable bonds is 2. The molecule has 2 heteroatoms. The van der Waals surface area contributed by atoms with Crippen molar-refractivity contribution in [3.63, 3.8) is 0 Å². The number of nitrogens with zero attached hydrogens (tertiary/aromatic N) is 1. The van der Waals surface area contributed by atoms with Crippen molar-refractivity contribution < 1.29 is 0 Å². The van der Waals surface area contributed by atoms with E-state index in [1.54, 1.807) is 0 Å². The van der Waals surface area contributed by atoms with Crippen LogP contribution in [0.5, 0.6) is 0 Å². The largest absolute Gasteiger partial charge is 0.381 e. The maximum atomic E-state index is 9.18. The third kappa shape index (κ3) is 2.85. The lowest BCUT2D eigenvalue weighted by atomic mass is 9.79. The molecule has 2 nitrogen and oxygen atoms in total. The second-order valence-electron chi connectivity index (χ2n) is 5.77. The van der Waals surface area contributed by atoms with Crippen LogP contribution in [0.3, 0.4) is 0 Å². The van der Waals surface area contributed by atoms with Gasteiger partial charge < -0.3 is 5.32 Å². The summed E-state index contributed by atoms with van der Waals surface area (Å²) in [6, 6.07) is 8.86. The average molecular weight is 242 g/mol. The molecule has 3 atom stereocenters. The van der Waals surface area contributed by atoms with Crippen LogP contribution in [0, 0.1) is 30.1 Å². The molecule has 0 saturated heterocycles. The van der Waals surface area contributed by atoms with E-state index in [0.717, 1.165) is 28.7 Å². The molecule has 0 aliphatic heterocycles. The first-order valence-corrected chi connectivity index (χ1v) is 6.87. The van der Waals surface area contributed by atoms with Gasteiger partial charge in [0.1, 0.15) is 6.07 Å². The van der Waals surface area contributed by atoms with Crippen molar-refractivity contribution in [2.45, 2.75) is 46.1 Å². The monoisotopic (exact) mass is 242 g/mol. The Kier molecular flexibility index (Phi) is 3.91. The van der Waals surface area contributed by atoms with Gasteiger partial charge in [-0.25, -0.2) is 0 Å². The number of nitriles is 1. The van der Waals surface area contributed by atoms with Gasteiger partial charge in [-0.1, -0.05) is 19.9 Å². The summed E-state index contributed by atoms with van der Waals surface area (Å²) in [7, 11) is 0. The molecule has 1 aromatic rings. The van der Waals surface area contributed by atoms with Crippen LogP contribution in [0.25, 0.3) is 0 Å². The van der Waals surface area contributed by atoms with Gasteiger partial charge in [-0.15, -0.1) is 0 Å². The van der Waals surface area contributed by atoms with Crippen molar-refractivity contribution in [2.24, 2.45) is 11.8 Å². The normalized spacial score (nSPS) is 27.6. The van der Waals surface area contributed by atoms with E-state index in [1.165, 1.54) is 19.3 Å². The molecule has 1 aliphatic rings. The van der Waals surface area contributed by atoms with Crippen molar-refractivity contribution in [3.8, 4) is 6.07 Å². The molecule has 0 amide bonds. The van der Waals surface area contributed by atoms with Gasteiger partial charge in [-0.2, -0.15) is 5.26 Å². The third-order valence-corrected chi connectivity index (χ3v) is 4.25.